The molecule has 1 rings (SSSR count). The Hall–Kier alpha value is -0.730. The standard InChI is InChI=1S/C10H14ClNO/c1-7(13)9-5-4-8(12(2)3)6-10(9)11/h4-7,13H,1-3H3/t7-/m0/s1. The van der Waals surface area contributed by atoms with Crippen LogP contribution in [0.2, 0.25) is 5.02 Å². The fourth-order valence-electron chi connectivity index (χ4n) is 1.13. The molecular formula is C10H14ClNO. The van der Waals surface area contributed by atoms with Gasteiger partial charge in [-0.1, -0.05) is 17.7 Å². The minimum Gasteiger partial charge on any atom is -0.389 e. The van der Waals surface area contributed by atoms with Gasteiger partial charge in [0.25, 0.3) is 0 Å². The number of halogens is 1. The van der Waals surface area contributed by atoms with Crippen molar-refractivity contribution in [3.8, 4) is 0 Å². The molecule has 1 atom stereocenters. The van der Waals surface area contributed by atoms with Gasteiger partial charge in [0.1, 0.15) is 0 Å². The maximum Gasteiger partial charge on any atom is 0.0776 e. The molecule has 72 valence electrons. The van der Waals surface area contributed by atoms with Crippen molar-refractivity contribution in [3.05, 3.63) is 28.8 Å². The van der Waals surface area contributed by atoms with E-state index in [0.717, 1.165) is 11.3 Å². The van der Waals surface area contributed by atoms with Crippen LogP contribution in [-0.4, -0.2) is 19.2 Å². The third-order valence-corrected chi connectivity index (χ3v) is 2.28. The molecule has 0 aliphatic heterocycles. The van der Waals surface area contributed by atoms with E-state index in [9.17, 15) is 5.11 Å². The highest BCUT2D eigenvalue weighted by atomic mass is 35.5. The monoisotopic (exact) mass is 199 g/mol. The first-order valence-electron chi connectivity index (χ1n) is 4.17. The summed E-state index contributed by atoms with van der Waals surface area (Å²) in [5.74, 6) is 0. The van der Waals surface area contributed by atoms with Gasteiger partial charge in [-0.25, -0.2) is 0 Å². The molecule has 0 fully saturated rings. The Labute approximate surface area is 83.7 Å². The molecule has 0 bridgehead atoms. The molecule has 0 radical (unpaired) electrons. The van der Waals surface area contributed by atoms with Crippen LogP contribution in [0.15, 0.2) is 18.2 Å². The topological polar surface area (TPSA) is 23.5 Å². The van der Waals surface area contributed by atoms with E-state index in [-0.39, 0.29) is 0 Å². The van der Waals surface area contributed by atoms with Crippen molar-refractivity contribution in [2.24, 2.45) is 0 Å². The first-order chi connectivity index (χ1) is 6.02. The summed E-state index contributed by atoms with van der Waals surface area (Å²) < 4.78 is 0. The Kier molecular flexibility index (Phi) is 3.17. The smallest absolute Gasteiger partial charge is 0.0776 e. The zero-order valence-electron chi connectivity index (χ0n) is 8.08. The number of nitrogens with zero attached hydrogens (tertiary/aromatic N) is 1. The SMILES string of the molecule is C[C@H](O)c1ccc(N(C)C)cc1Cl. The van der Waals surface area contributed by atoms with Crippen LogP contribution in [0, 0.1) is 0 Å². The van der Waals surface area contributed by atoms with E-state index < -0.39 is 6.10 Å². The lowest BCUT2D eigenvalue weighted by Gasteiger charge is -2.15. The molecule has 0 saturated heterocycles. The second-order valence-electron chi connectivity index (χ2n) is 3.28. The third kappa shape index (κ3) is 2.36. The van der Waals surface area contributed by atoms with Crippen LogP contribution in [0.3, 0.4) is 0 Å². The predicted molar refractivity (Wildman–Crippen MR) is 56.4 cm³/mol. The van der Waals surface area contributed by atoms with Crippen molar-refractivity contribution in [3.63, 3.8) is 0 Å². The number of aliphatic hydroxyl groups excluding tert-OH is 1. The van der Waals surface area contributed by atoms with E-state index in [2.05, 4.69) is 0 Å². The molecule has 0 unspecified atom stereocenters. The first kappa shape index (κ1) is 10.4. The zero-order chi connectivity index (χ0) is 10.0. The normalized spacial score (nSPS) is 12.7. The zero-order valence-corrected chi connectivity index (χ0v) is 8.84. The Morgan fingerprint density at radius 2 is 2.00 bits per heavy atom. The van der Waals surface area contributed by atoms with E-state index in [1.165, 1.54) is 0 Å². The maximum atomic E-state index is 9.34. The molecule has 0 spiro atoms. The van der Waals surface area contributed by atoms with Gasteiger partial charge in [0.05, 0.1) is 6.10 Å². The van der Waals surface area contributed by atoms with Crippen LogP contribution in [0.1, 0.15) is 18.6 Å². The molecule has 0 amide bonds. The van der Waals surface area contributed by atoms with Gasteiger partial charge < -0.3 is 10.0 Å². The van der Waals surface area contributed by atoms with Gasteiger partial charge in [0, 0.05) is 24.8 Å². The van der Waals surface area contributed by atoms with Crippen LogP contribution in [-0.2, 0) is 0 Å². The quantitative estimate of drug-likeness (QED) is 0.791. The number of aliphatic hydroxyl groups is 1. The summed E-state index contributed by atoms with van der Waals surface area (Å²) in [6.07, 6.45) is -0.510. The van der Waals surface area contributed by atoms with Crippen molar-refractivity contribution in [2.45, 2.75) is 13.0 Å². The van der Waals surface area contributed by atoms with Crippen molar-refractivity contribution < 1.29 is 5.11 Å². The van der Waals surface area contributed by atoms with Crippen molar-refractivity contribution in [2.75, 3.05) is 19.0 Å². The number of anilines is 1. The first-order valence-corrected chi connectivity index (χ1v) is 4.55. The number of hydrogen-bond acceptors (Lipinski definition) is 2. The highest BCUT2D eigenvalue weighted by Crippen LogP contribution is 2.26. The summed E-state index contributed by atoms with van der Waals surface area (Å²) in [4.78, 5) is 1.97. The molecule has 0 saturated carbocycles. The minimum absolute atomic E-state index is 0.510. The summed E-state index contributed by atoms with van der Waals surface area (Å²) in [5.41, 5.74) is 1.81. The molecule has 1 aromatic carbocycles. The maximum absolute atomic E-state index is 9.34. The lowest BCUT2D eigenvalue weighted by Crippen LogP contribution is -2.08. The van der Waals surface area contributed by atoms with Crippen molar-refractivity contribution >= 4 is 17.3 Å². The Morgan fingerprint density at radius 1 is 1.38 bits per heavy atom. The highest BCUT2D eigenvalue weighted by molar-refractivity contribution is 6.31. The van der Waals surface area contributed by atoms with Crippen molar-refractivity contribution in [1.29, 1.82) is 0 Å². The molecule has 0 aliphatic carbocycles. The largest absolute Gasteiger partial charge is 0.389 e. The van der Waals surface area contributed by atoms with Gasteiger partial charge >= 0.3 is 0 Å². The summed E-state index contributed by atoms with van der Waals surface area (Å²) in [6.45, 7) is 1.70. The fraction of sp³-hybridized carbons (Fsp3) is 0.400. The Morgan fingerprint density at radius 3 is 2.38 bits per heavy atom. The van der Waals surface area contributed by atoms with Crippen molar-refractivity contribution in [1.82, 2.24) is 0 Å². The van der Waals surface area contributed by atoms with Gasteiger partial charge in [-0.05, 0) is 24.6 Å². The number of rotatable bonds is 2. The second-order valence-corrected chi connectivity index (χ2v) is 3.68. The van der Waals surface area contributed by atoms with Gasteiger partial charge in [0.2, 0.25) is 0 Å². The average Bonchev–Trinajstić information content (AvgIpc) is 2.03. The van der Waals surface area contributed by atoms with E-state index in [0.29, 0.717) is 5.02 Å². The lowest BCUT2D eigenvalue weighted by atomic mass is 10.1. The van der Waals surface area contributed by atoms with E-state index in [4.69, 9.17) is 11.6 Å². The molecular weight excluding hydrogens is 186 g/mol. The van der Waals surface area contributed by atoms with Crippen LogP contribution in [0.25, 0.3) is 0 Å². The minimum atomic E-state index is -0.510. The van der Waals surface area contributed by atoms with Gasteiger partial charge in [-0.15, -0.1) is 0 Å². The van der Waals surface area contributed by atoms with Gasteiger partial charge in [-0.3, -0.25) is 0 Å². The Balaban J connectivity index is 3.06. The summed E-state index contributed by atoms with van der Waals surface area (Å²) >= 11 is 5.98. The molecule has 0 heterocycles. The van der Waals surface area contributed by atoms with Crippen LogP contribution >= 0.6 is 11.6 Å². The molecule has 0 aromatic heterocycles. The summed E-state index contributed by atoms with van der Waals surface area (Å²) in [6, 6.07) is 5.64. The van der Waals surface area contributed by atoms with Crippen LogP contribution in [0.4, 0.5) is 5.69 Å². The summed E-state index contributed by atoms with van der Waals surface area (Å²) in [5, 5.41) is 9.95. The van der Waals surface area contributed by atoms with Crippen LogP contribution < -0.4 is 4.90 Å². The number of benzene rings is 1. The van der Waals surface area contributed by atoms with E-state index >= 15 is 0 Å². The highest BCUT2D eigenvalue weighted by Gasteiger charge is 2.07. The molecule has 0 aliphatic rings. The number of hydrogen-bond donors (Lipinski definition) is 1. The Bertz CT molecular complexity index is 297. The fourth-order valence-corrected chi connectivity index (χ4v) is 1.47. The second kappa shape index (κ2) is 3.99. The molecule has 2 nitrogen and oxygen atoms in total. The lowest BCUT2D eigenvalue weighted by molar-refractivity contribution is 0.199. The van der Waals surface area contributed by atoms with E-state index in [1.807, 2.05) is 37.2 Å². The molecule has 3 heteroatoms. The predicted octanol–water partition coefficient (Wildman–Crippen LogP) is 2.46. The molecule has 1 N–H and O–H groups in total. The van der Waals surface area contributed by atoms with E-state index in [1.54, 1.807) is 6.92 Å². The third-order valence-electron chi connectivity index (χ3n) is 1.95. The average molecular weight is 200 g/mol. The van der Waals surface area contributed by atoms with Gasteiger partial charge in [-0.2, -0.15) is 0 Å². The molecule has 13 heavy (non-hydrogen) atoms. The van der Waals surface area contributed by atoms with Crippen LogP contribution in [0.5, 0.6) is 0 Å². The molecule has 1 aromatic rings. The van der Waals surface area contributed by atoms with Gasteiger partial charge in [0.15, 0.2) is 0 Å². The summed E-state index contributed by atoms with van der Waals surface area (Å²) in [7, 11) is 3.90.